The monoisotopic (exact) mass is 414 g/mol. The molecule has 0 radical (unpaired) electrons. The van der Waals surface area contributed by atoms with Gasteiger partial charge in [-0.15, -0.1) is 11.3 Å². The van der Waals surface area contributed by atoms with Gasteiger partial charge in [0.2, 0.25) is 0 Å². The lowest BCUT2D eigenvalue weighted by molar-refractivity contribution is 0.0949. The predicted octanol–water partition coefficient (Wildman–Crippen LogP) is 4.21. The molecule has 0 bridgehead atoms. The molecule has 1 saturated heterocycles. The summed E-state index contributed by atoms with van der Waals surface area (Å²) in [6.45, 7) is 4.45. The van der Waals surface area contributed by atoms with Crippen LogP contribution in [-0.2, 0) is 0 Å². The first-order valence-corrected chi connectivity index (χ1v) is 10.8. The number of rotatable bonds is 6. The van der Waals surface area contributed by atoms with Gasteiger partial charge in [-0.2, -0.15) is 0 Å². The van der Waals surface area contributed by atoms with Gasteiger partial charge >= 0.3 is 0 Å². The van der Waals surface area contributed by atoms with E-state index in [0.29, 0.717) is 22.9 Å². The number of piperidine rings is 1. The van der Waals surface area contributed by atoms with E-state index >= 15 is 0 Å². The summed E-state index contributed by atoms with van der Waals surface area (Å²) >= 11 is 1.40. The molecular formula is C21H23FN4O2S. The molecule has 1 amide bonds. The molecule has 0 aliphatic carbocycles. The largest absolute Gasteiger partial charge is 0.360 e. The SMILES string of the molecule is CCCNC(=O)c1csc(-c2c(-c3ccc(F)cc3)noc2C2CCNCC2)n1. The van der Waals surface area contributed by atoms with Crippen LogP contribution in [-0.4, -0.2) is 35.7 Å². The summed E-state index contributed by atoms with van der Waals surface area (Å²) in [5.41, 5.74) is 2.59. The molecule has 2 aromatic heterocycles. The summed E-state index contributed by atoms with van der Waals surface area (Å²) in [6, 6.07) is 6.18. The van der Waals surface area contributed by atoms with Gasteiger partial charge in [-0.25, -0.2) is 9.37 Å². The standard InChI is InChI=1S/C21H23FN4O2S/c1-2-9-24-20(27)16-12-29-21(25-16)17-18(13-3-5-15(22)6-4-13)26-28-19(17)14-7-10-23-11-8-14/h3-6,12,14,23H,2,7-11H2,1H3,(H,24,27). The van der Waals surface area contributed by atoms with Gasteiger partial charge in [0.25, 0.3) is 5.91 Å². The molecular weight excluding hydrogens is 391 g/mol. The molecule has 2 N–H and O–H groups in total. The normalized spacial score (nSPS) is 14.8. The van der Waals surface area contributed by atoms with E-state index in [9.17, 15) is 9.18 Å². The zero-order chi connectivity index (χ0) is 20.2. The van der Waals surface area contributed by atoms with Crippen LogP contribution < -0.4 is 10.6 Å². The first kappa shape index (κ1) is 19.7. The molecule has 0 unspecified atom stereocenters. The number of benzene rings is 1. The van der Waals surface area contributed by atoms with Crippen LogP contribution in [0, 0.1) is 5.82 Å². The quantitative estimate of drug-likeness (QED) is 0.632. The number of carbonyl (C=O) groups excluding carboxylic acids is 1. The number of nitrogens with zero attached hydrogens (tertiary/aromatic N) is 2. The summed E-state index contributed by atoms with van der Waals surface area (Å²) in [7, 11) is 0. The Morgan fingerprint density at radius 2 is 2.07 bits per heavy atom. The van der Waals surface area contributed by atoms with E-state index in [0.717, 1.165) is 49.2 Å². The fraction of sp³-hybridized carbons (Fsp3) is 0.381. The summed E-state index contributed by atoms with van der Waals surface area (Å²) < 4.78 is 19.2. The molecule has 1 aliphatic rings. The van der Waals surface area contributed by atoms with E-state index in [1.165, 1.54) is 23.5 Å². The number of carbonyl (C=O) groups is 1. The van der Waals surface area contributed by atoms with Crippen molar-refractivity contribution in [3.05, 3.63) is 46.9 Å². The number of nitrogens with one attached hydrogen (secondary N) is 2. The van der Waals surface area contributed by atoms with Gasteiger partial charge in [-0.1, -0.05) is 12.1 Å². The van der Waals surface area contributed by atoms with Crippen molar-refractivity contribution < 1.29 is 13.7 Å². The van der Waals surface area contributed by atoms with Crippen molar-refractivity contribution in [2.24, 2.45) is 0 Å². The summed E-state index contributed by atoms with van der Waals surface area (Å²) in [5, 5.41) is 13.0. The number of aromatic nitrogens is 2. The molecule has 1 fully saturated rings. The number of hydrogen-bond acceptors (Lipinski definition) is 6. The van der Waals surface area contributed by atoms with Gasteiger partial charge in [-0.3, -0.25) is 4.79 Å². The van der Waals surface area contributed by atoms with Gasteiger partial charge in [0, 0.05) is 23.4 Å². The Hall–Kier alpha value is -2.58. The number of hydrogen-bond donors (Lipinski definition) is 2. The Morgan fingerprint density at radius 3 is 2.79 bits per heavy atom. The highest BCUT2D eigenvalue weighted by molar-refractivity contribution is 7.13. The van der Waals surface area contributed by atoms with Crippen molar-refractivity contribution >= 4 is 17.2 Å². The van der Waals surface area contributed by atoms with Crippen LogP contribution in [0.2, 0.25) is 0 Å². The summed E-state index contributed by atoms with van der Waals surface area (Å²) in [6.07, 6.45) is 2.75. The van der Waals surface area contributed by atoms with Crippen molar-refractivity contribution in [3.63, 3.8) is 0 Å². The second-order valence-corrected chi connectivity index (χ2v) is 7.95. The second kappa shape index (κ2) is 8.84. The lowest BCUT2D eigenvalue weighted by atomic mass is 9.91. The van der Waals surface area contributed by atoms with Crippen molar-refractivity contribution in [2.75, 3.05) is 19.6 Å². The van der Waals surface area contributed by atoms with Crippen LogP contribution in [0.1, 0.15) is 48.4 Å². The molecule has 0 atom stereocenters. The summed E-state index contributed by atoms with van der Waals surface area (Å²) in [5.74, 6) is 0.536. The maximum atomic E-state index is 13.4. The van der Waals surface area contributed by atoms with Gasteiger partial charge in [-0.05, 0) is 56.6 Å². The first-order valence-electron chi connectivity index (χ1n) is 9.87. The average molecular weight is 415 g/mol. The van der Waals surface area contributed by atoms with E-state index in [4.69, 9.17) is 4.52 Å². The third-order valence-corrected chi connectivity index (χ3v) is 5.89. The molecule has 152 valence electrons. The van der Waals surface area contributed by atoms with Gasteiger partial charge < -0.3 is 15.2 Å². The number of amides is 1. The predicted molar refractivity (Wildman–Crippen MR) is 110 cm³/mol. The van der Waals surface area contributed by atoms with Crippen molar-refractivity contribution in [1.29, 1.82) is 0 Å². The van der Waals surface area contributed by atoms with E-state index in [2.05, 4.69) is 20.8 Å². The fourth-order valence-electron chi connectivity index (χ4n) is 3.50. The zero-order valence-corrected chi connectivity index (χ0v) is 17.0. The molecule has 29 heavy (non-hydrogen) atoms. The van der Waals surface area contributed by atoms with Crippen molar-refractivity contribution in [2.45, 2.75) is 32.1 Å². The number of thiazole rings is 1. The highest BCUT2D eigenvalue weighted by Crippen LogP contribution is 2.41. The Bertz CT molecular complexity index is 977. The van der Waals surface area contributed by atoms with Crippen LogP contribution in [0.3, 0.4) is 0 Å². The third kappa shape index (κ3) is 4.23. The molecule has 1 aromatic carbocycles. The topological polar surface area (TPSA) is 80.0 Å². The fourth-order valence-corrected chi connectivity index (χ4v) is 4.35. The minimum atomic E-state index is -0.304. The van der Waals surface area contributed by atoms with Crippen LogP contribution in [0.4, 0.5) is 4.39 Å². The van der Waals surface area contributed by atoms with Gasteiger partial charge in [0.05, 0.1) is 5.56 Å². The maximum Gasteiger partial charge on any atom is 0.270 e. The molecule has 8 heteroatoms. The van der Waals surface area contributed by atoms with E-state index in [-0.39, 0.29) is 17.6 Å². The molecule has 4 rings (SSSR count). The zero-order valence-electron chi connectivity index (χ0n) is 16.2. The second-order valence-electron chi connectivity index (χ2n) is 7.10. The van der Waals surface area contributed by atoms with Crippen molar-refractivity contribution in [3.8, 4) is 21.8 Å². The van der Waals surface area contributed by atoms with E-state index in [1.54, 1.807) is 17.5 Å². The Kier molecular flexibility index (Phi) is 6.01. The van der Waals surface area contributed by atoms with Gasteiger partial charge in [0.15, 0.2) is 5.76 Å². The van der Waals surface area contributed by atoms with Crippen LogP contribution in [0.5, 0.6) is 0 Å². The number of halogens is 1. The molecule has 0 spiro atoms. The molecule has 3 heterocycles. The first-order chi connectivity index (χ1) is 14.2. The Morgan fingerprint density at radius 1 is 1.31 bits per heavy atom. The highest BCUT2D eigenvalue weighted by Gasteiger charge is 2.29. The van der Waals surface area contributed by atoms with Crippen molar-refractivity contribution in [1.82, 2.24) is 20.8 Å². The third-order valence-electron chi connectivity index (χ3n) is 5.03. The highest BCUT2D eigenvalue weighted by atomic mass is 32.1. The molecule has 6 nitrogen and oxygen atoms in total. The molecule has 0 saturated carbocycles. The van der Waals surface area contributed by atoms with E-state index < -0.39 is 0 Å². The lowest BCUT2D eigenvalue weighted by Crippen LogP contribution is -2.26. The Balaban J connectivity index is 1.75. The van der Waals surface area contributed by atoms with Crippen LogP contribution >= 0.6 is 11.3 Å². The smallest absolute Gasteiger partial charge is 0.270 e. The summed E-state index contributed by atoms with van der Waals surface area (Å²) in [4.78, 5) is 16.9. The molecule has 1 aliphatic heterocycles. The lowest BCUT2D eigenvalue weighted by Gasteiger charge is -2.20. The Labute approximate surface area is 172 Å². The average Bonchev–Trinajstić information content (AvgIpc) is 3.40. The van der Waals surface area contributed by atoms with E-state index in [1.807, 2.05) is 6.92 Å². The maximum absolute atomic E-state index is 13.4. The minimum absolute atomic E-state index is 0.183. The minimum Gasteiger partial charge on any atom is -0.360 e. The van der Waals surface area contributed by atoms with Crippen LogP contribution in [0.25, 0.3) is 21.8 Å². The molecule has 3 aromatic rings. The van der Waals surface area contributed by atoms with Gasteiger partial charge in [0.1, 0.15) is 22.2 Å². The van der Waals surface area contributed by atoms with Crippen LogP contribution in [0.15, 0.2) is 34.2 Å².